The van der Waals surface area contributed by atoms with Crippen molar-refractivity contribution in [1.82, 2.24) is 9.80 Å². The van der Waals surface area contributed by atoms with E-state index < -0.39 is 6.04 Å². The molecule has 5 nitrogen and oxygen atoms in total. The van der Waals surface area contributed by atoms with E-state index in [0.717, 1.165) is 38.3 Å². The zero-order valence-electron chi connectivity index (χ0n) is 15.3. The van der Waals surface area contributed by atoms with Crippen LogP contribution in [0.15, 0.2) is 48.5 Å². The summed E-state index contributed by atoms with van der Waals surface area (Å²) in [7, 11) is 1.41. The molecule has 1 aliphatic heterocycles. The van der Waals surface area contributed by atoms with Gasteiger partial charge in [-0.25, -0.2) is 4.79 Å². The summed E-state index contributed by atoms with van der Waals surface area (Å²) in [4.78, 5) is 16.9. The Balaban J connectivity index is 1.66. The molecule has 0 aromatic heterocycles. The molecule has 0 bridgehead atoms. The van der Waals surface area contributed by atoms with Crippen molar-refractivity contribution in [3.63, 3.8) is 0 Å². The summed E-state index contributed by atoms with van der Waals surface area (Å²) in [6.45, 7) is 4.02. The van der Waals surface area contributed by atoms with Gasteiger partial charge in [0.2, 0.25) is 0 Å². The van der Waals surface area contributed by atoms with Crippen LogP contribution in [0, 0.1) is 11.3 Å². The molecule has 0 N–H and O–H groups in total. The lowest BCUT2D eigenvalue weighted by Gasteiger charge is -2.38. The van der Waals surface area contributed by atoms with Crippen molar-refractivity contribution in [1.29, 1.82) is 5.26 Å². The highest BCUT2D eigenvalue weighted by Gasteiger charge is 2.32. The standard InChI is InChI=1S/C21H22ClN3O2/c1-27-21(26)20(18-4-2-3-5-19(18)22)25-12-10-24(11-13-25)15-17-8-6-16(14-23)7-9-17/h2-9,20H,10-13,15H2,1H3. The van der Waals surface area contributed by atoms with Gasteiger partial charge >= 0.3 is 5.97 Å². The first-order chi connectivity index (χ1) is 13.1. The number of ether oxygens (including phenoxy) is 1. The van der Waals surface area contributed by atoms with Crippen molar-refractivity contribution in [3.05, 3.63) is 70.2 Å². The molecule has 2 aromatic carbocycles. The van der Waals surface area contributed by atoms with Gasteiger partial charge in [0.15, 0.2) is 0 Å². The minimum atomic E-state index is -0.485. The Kier molecular flexibility index (Phi) is 6.46. The highest BCUT2D eigenvalue weighted by Crippen LogP contribution is 2.29. The van der Waals surface area contributed by atoms with Crippen LogP contribution in [-0.2, 0) is 16.1 Å². The second-order valence-corrected chi connectivity index (χ2v) is 6.98. The monoisotopic (exact) mass is 383 g/mol. The average molecular weight is 384 g/mol. The molecule has 2 aromatic rings. The van der Waals surface area contributed by atoms with Crippen LogP contribution < -0.4 is 0 Å². The largest absolute Gasteiger partial charge is 0.468 e. The van der Waals surface area contributed by atoms with Crippen molar-refractivity contribution < 1.29 is 9.53 Å². The number of methoxy groups -OCH3 is 1. The van der Waals surface area contributed by atoms with E-state index in [1.165, 1.54) is 12.7 Å². The second kappa shape index (κ2) is 9.01. The van der Waals surface area contributed by atoms with Crippen LogP contribution in [-0.4, -0.2) is 49.1 Å². The molecule has 27 heavy (non-hydrogen) atoms. The number of nitriles is 1. The molecular weight excluding hydrogens is 362 g/mol. The molecule has 0 radical (unpaired) electrons. The zero-order valence-corrected chi connectivity index (χ0v) is 16.0. The molecule has 0 saturated carbocycles. The topological polar surface area (TPSA) is 56.6 Å². The van der Waals surface area contributed by atoms with Crippen LogP contribution in [0.5, 0.6) is 0 Å². The van der Waals surface area contributed by atoms with E-state index >= 15 is 0 Å². The number of piperazine rings is 1. The highest BCUT2D eigenvalue weighted by molar-refractivity contribution is 6.31. The summed E-state index contributed by atoms with van der Waals surface area (Å²) in [5.41, 5.74) is 2.63. The molecule has 1 atom stereocenters. The Morgan fingerprint density at radius 1 is 1.15 bits per heavy atom. The van der Waals surface area contributed by atoms with E-state index in [-0.39, 0.29) is 5.97 Å². The maximum atomic E-state index is 12.4. The number of nitrogens with zero attached hydrogens (tertiary/aromatic N) is 3. The first-order valence-electron chi connectivity index (χ1n) is 8.90. The molecule has 1 unspecified atom stereocenters. The number of esters is 1. The van der Waals surface area contributed by atoms with Gasteiger partial charge < -0.3 is 4.74 Å². The van der Waals surface area contributed by atoms with E-state index in [1.54, 1.807) is 6.07 Å². The molecule has 1 fully saturated rings. The lowest BCUT2D eigenvalue weighted by molar-refractivity contribution is -0.148. The van der Waals surface area contributed by atoms with Crippen molar-refractivity contribution in [3.8, 4) is 6.07 Å². The maximum Gasteiger partial charge on any atom is 0.327 e. The first kappa shape index (κ1) is 19.4. The van der Waals surface area contributed by atoms with Crippen LogP contribution in [0.25, 0.3) is 0 Å². The Labute approximate surface area is 164 Å². The van der Waals surface area contributed by atoms with Gasteiger partial charge in [-0.05, 0) is 29.3 Å². The SMILES string of the molecule is COC(=O)C(c1ccccc1Cl)N1CCN(Cc2ccc(C#N)cc2)CC1. The summed E-state index contributed by atoms with van der Waals surface area (Å²) >= 11 is 6.33. The number of benzene rings is 2. The molecule has 1 saturated heterocycles. The fourth-order valence-corrected chi connectivity index (χ4v) is 3.64. The number of rotatable bonds is 5. The van der Waals surface area contributed by atoms with Gasteiger partial charge in [-0.2, -0.15) is 5.26 Å². The molecule has 0 spiro atoms. The van der Waals surface area contributed by atoms with E-state index in [1.807, 2.05) is 42.5 Å². The molecular formula is C21H22ClN3O2. The van der Waals surface area contributed by atoms with Crippen LogP contribution >= 0.6 is 11.6 Å². The first-order valence-corrected chi connectivity index (χ1v) is 9.28. The lowest BCUT2D eigenvalue weighted by Crippen LogP contribution is -2.49. The molecule has 6 heteroatoms. The number of hydrogen-bond donors (Lipinski definition) is 0. The summed E-state index contributed by atoms with van der Waals surface area (Å²) in [6.07, 6.45) is 0. The van der Waals surface area contributed by atoms with E-state index in [2.05, 4.69) is 15.9 Å². The Morgan fingerprint density at radius 2 is 1.81 bits per heavy atom. The van der Waals surface area contributed by atoms with Gasteiger partial charge in [-0.3, -0.25) is 9.80 Å². The molecule has 0 aliphatic carbocycles. The smallest absolute Gasteiger partial charge is 0.327 e. The highest BCUT2D eigenvalue weighted by atomic mass is 35.5. The van der Waals surface area contributed by atoms with Crippen LogP contribution in [0.4, 0.5) is 0 Å². The molecule has 140 valence electrons. The van der Waals surface area contributed by atoms with Gasteiger partial charge in [-0.15, -0.1) is 0 Å². The van der Waals surface area contributed by atoms with Crippen LogP contribution in [0.1, 0.15) is 22.7 Å². The Bertz CT molecular complexity index is 824. The second-order valence-electron chi connectivity index (χ2n) is 6.57. The van der Waals surface area contributed by atoms with Crippen LogP contribution in [0.2, 0.25) is 5.02 Å². The van der Waals surface area contributed by atoms with Gasteiger partial charge in [0, 0.05) is 37.7 Å². The molecule has 1 aliphatic rings. The third kappa shape index (κ3) is 4.67. The Morgan fingerprint density at radius 3 is 2.41 bits per heavy atom. The maximum absolute atomic E-state index is 12.4. The fraction of sp³-hybridized carbons (Fsp3) is 0.333. The van der Waals surface area contributed by atoms with Crippen molar-refractivity contribution in [2.45, 2.75) is 12.6 Å². The molecule has 3 rings (SSSR count). The van der Waals surface area contributed by atoms with Crippen molar-refractivity contribution >= 4 is 17.6 Å². The normalized spacial score (nSPS) is 16.5. The third-order valence-corrected chi connectivity index (χ3v) is 5.23. The van der Waals surface area contributed by atoms with Gasteiger partial charge in [0.25, 0.3) is 0 Å². The predicted molar refractivity (Wildman–Crippen MR) is 104 cm³/mol. The number of halogens is 1. The van der Waals surface area contributed by atoms with E-state index in [9.17, 15) is 4.79 Å². The van der Waals surface area contributed by atoms with Crippen LogP contribution in [0.3, 0.4) is 0 Å². The minimum Gasteiger partial charge on any atom is -0.468 e. The fourth-order valence-electron chi connectivity index (χ4n) is 3.40. The zero-order chi connectivity index (χ0) is 19.2. The Hall–Kier alpha value is -2.39. The average Bonchev–Trinajstić information content (AvgIpc) is 2.71. The number of carbonyl (C=O) groups is 1. The third-order valence-electron chi connectivity index (χ3n) is 4.89. The summed E-state index contributed by atoms with van der Waals surface area (Å²) in [5, 5.41) is 9.47. The predicted octanol–water partition coefficient (Wildman–Crippen LogP) is 3.24. The quantitative estimate of drug-likeness (QED) is 0.742. The minimum absolute atomic E-state index is 0.288. The number of hydrogen-bond acceptors (Lipinski definition) is 5. The number of carbonyl (C=O) groups excluding carboxylic acids is 1. The van der Waals surface area contributed by atoms with E-state index in [0.29, 0.717) is 10.6 Å². The van der Waals surface area contributed by atoms with Gasteiger partial charge in [0.1, 0.15) is 6.04 Å². The molecule has 0 amide bonds. The summed E-state index contributed by atoms with van der Waals surface area (Å²) < 4.78 is 5.04. The van der Waals surface area contributed by atoms with Gasteiger partial charge in [-0.1, -0.05) is 41.9 Å². The molecule has 1 heterocycles. The lowest BCUT2D eigenvalue weighted by atomic mass is 10.0. The summed E-state index contributed by atoms with van der Waals surface area (Å²) in [5.74, 6) is -0.288. The van der Waals surface area contributed by atoms with Gasteiger partial charge in [0.05, 0.1) is 18.7 Å². The van der Waals surface area contributed by atoms with E-state index in [4.69, 9.17) is 21.6 Å². The van der Waals surface area contributed by atoms with Crippen molar-refractivity contribution in [2.75, 3.05) is 33.3 Å². The van der Waals surface area contributed by atoms with Crippen molar-refractivity contribution in [2.24, 2.45) is 0 Å². The summed E-state index contributed by atoms with van der Waals surface area (Å²) in [6, 6.07) is 16.7.